The topological polar surface area (TPSA) is 49.3 Å². The van der Waals surface area contributed by atoms with Crippen LogP contribution >= 0.6 is 0 Å². The maximum Gasteiger partial charge on any atom is 0.225 e. The molecule has 0 radical (unpaired) electrons. The first-order chi connectivity index (χ1) is 8.10. The Bertz CT molecular complexity index is 394. The number of aromatic nitrogens is 2. The summed E-state index contributed by atoms with van der Waals surface area (Å²) in [5.74, 6) is 2.21. The molecular weight excluding hydrogens is 214 g/mol. The number of nitrogens with zero attached hydrogens (tertiary/aromatic N) is 3. The van der Waals surface area contributed by atoms with Gasteiger partial charge in [-0.1, -0.05) is 13.8 Å². The molecule has 1 aromatic heterocycles. The van der Waals surface area contributed by atoms with Gasteiger partial charge in [0.1, 0.15) is 0 Å². The zero-order chi connectivity index (χ0) is 12.4. The number of aliphatic hydroxyl groups is 1. The summed E-state index contributed by atoms with van der Waals surface area (Å²) in [6, 6.07) is 1.83. The summed E-state index contributed by atoms with van der Waals surface area (Å²) in [6.45, 7) is 8.53. The summed E-state index contributed by atoms with van der Waals surface area (Å²) in [6.07, 6.45) is 1.19. The molecule has 94 valence electrons. The number of anilines is 1. The van der Waals surface area contributed by atoms with Crippen molar-refractivity contribution >= 4 is 5.95 Å². The first-order valence-corrected chi connectivity index (χ1v) is 6.30. The van der Waals surface area contributed by atoms with Crippen molar-refractivity contribution in [1.82, 2.24) is 9.97 Å². The highest BCUT2D eigenvalue weighted by Crippen LogP contribution is 2.25. The molecule has 0 spiro atoms. The average molecular weight is 235 g/mol. The first-order valence-electron chi connectivity index (χ1n) is 6.30. The molecule has 1 saturated heterocycles. The van der Waals surface area contributed by atoms with E-state index in [1.807, 2.05) is 13.0 Å². The lowest BCUT2D eigenvalue weighted by molar-refractivity contribution is 0.276. The summed E-state index contributed by atoms with van der Waals surface area (Å²) in [4.78, 5) is 11.1. The van der Waals surface area contributed by atoms with Crippen LogP contribution in [0.2, 0.25) is 0 Å². The molecular formula is C13H21N3O. The summed E-state index contributed by atoms with van der Waals surface area (Å²) in [7, 11) is 0. The van der Waals surface area contributed by atoms with Gasteiger partial charge in [0.25, 0.3) is 0 Å². The van der Waals surface area contributed by atoms with Crippen LogP contribution in [-0.4, -0.2) is 28.2 Å². The number of rotatable bonds is 2. The van der Waals surface area contributed by atoms with E-state index in [2.05, 4.69) is 28.7 Å². The molecule has 4 nitrogen and oxygen atoms in total. The Morgan fingerprint density at radius 2 is 2.12 bits per heavy atom. The molecule has 1 N–H and O–H groups in total. The van der Waals surface area contributed by atoms with Crippen molar-refractivity contribution in [2.24, 2.45) is 11.8 Å². The smallest absolute Gasteiger partial charge is 0.225 e. The van der Waals surface area contributed by atoms with Crippen LogP contribution in [0, 0.1) is 18.8 Å². The van der Waals surface area contributed by atoms with Gasteiger partial charge in [0.2, 0.25) is 5.95 Å². The molecule has 2 heterocycles. The van der Waals surface area contributed by atoms with Crippen molar-refractivity contribution in [1.29, 1.82) is 0 Å². The zero-order valence-electron chi connectivity index (χ0n) is 10.8. The Morgan fingerprint density at radius 3 is 2.76 bits per heavy atom. The maximum absolute atomic E-state index is 9.17. The number of aryl methyl sites for hydroxylation is 1. The van der Waals surface area contributed by atoms with E-state index in [4.69, 9.17) is 0 Å². The number of piperidine rings is 1. The third-order valence-electron chi connectivity index (χ3n) is 3.67. The molecule has 1 fully saturated rings. The molecule has 4 heteroatoms. The van der Waals surface area contributed by atoms with Crippen molar-refractivity contribution in [3.63, 3.8) is 0 Å². The molecule has 2 unspecified atom stereocenters. The van der Waals surface area contributed by atoms with Crippen LogP contribution in [0.15, 0.2) is 6.07 Å². The molecule has 2 rings (SSSR count). The predicted molar refractivity (Wildman–Crippen MR) is 67.8 cm³/mol. The van der Waals surface area contributed by atoms with Crippen LogP contribution in [0.4, 0.5) is 5.95 Å². The van der Waals surface area contributed by atoms with E-state index in [1.54, 1.807) is 0 Å². The maximum atomic E-state index is 9.17. The summed E-state index contributed by atoms with van der Waals surface area (Å²) < 4.78 is 0. The third-order valence-corrected chi connectivity index (χ3v) is 3.67. The Labute approximate surface area is 103 Å². The van der Waals surface area contributed by atoms with Crippen molar-refractivity contribution in [3.8, 4) is 0 Å². The van der Waals surface area contributed by atoms with Crippen LogP contribution < -0.4 is 4.90 Å². The second-order valence-electron chi connectivity index (χ2n) is 5.15. The van der Waals surface area contributed by atoms with Crippen molar-refractivity contribution in [3.05, 3.63) is 17.5 Å². The molecule has 1 aliphatic heterocycles. The van der Waals surface area contributed by atoms with E-state index in [0.717, 1.165) is 30.6 Å². The van der Waals surface area contributed by atoms with Gasteiger partial charge < -0.3 is 10.0 Å². The molecule has 0 saturated carbocycles. The highest BCUT2D eigenvalue weighted by molar-refractivity contribution is 5.33. The number of aliphatic hydroxyl groups excluding tert-OH is 1. The lowest BCUT2D eigenvalue weighted by Crippen LogP contribution is -2.39. The van der Waals surface area contributed by atoms with Crippen molar-refractivity contribution < 1.29 is 5.11 Å². The van der Waals surface area contributed by atoms with Gasteiger partial charge in [0.05, 0.1) is 12.3 Å². The van der Waals surface area contributed by atoms with Gasteiger partial charge in [0.15, 0.2) is 0 Å². The summed E-state index contributed by atoms with van der Waals surface area (Å²) in [5, 5.41) is 9.17. The zero-order valence-corrected chi connectivity index (χ0v) is 10.8. The minimum Gasteiger partial charge on any atom is -0.390 e. The average Bonchev–Trinajstić information content (AvgIpc) is 2.32. The van der Waals surface area contributed by atoms with Crippen LogP contribution in [0.3, 0.4) is 0 Å². The van der Waals surface area contributed by atoms with Crippen molar-refractivity contribution in [2.45, 2.75) is 33.8 Å². The predicted octanol–water partition coefficient (Wildman–Crippen LogP) is 1.76. The van der Waals surface area contributed by atoms with E-state index < -0.39 is 0 Å². The van der Waals surface area contributed by atoms with Gasteiger partial charge in [-0.2, -0.15) is 0 Å². The summed E-state index contributed by atoms with van der Waals surface area (Å²) in [5.41, 5.74) is 1.63. The van der Waals surface area contributed by atoms with E-state index in [9.17, 15) is 5.11 Å². The second-order valence-corrected chi connectivity index (χ2v) is 5.15. The number of hydrogen-bond donors (Lipinski definition) is 1. The van der Waals surface area contributed by atoms with E-state index >= 15 is 0 Å². The fraction of sp³-hybridized carbons (Fsp3) is 0.692. The molecule has 0 aliphatic carbocycles. The van der Waals surface area contributed by atoms with E-state index in [-0.39, 0.29) is 6.61 Å². The molecule has 0 bridgehead atoms. The lowest BCUT2D eigenvalue weighted by Gasteiger charge is -2.35. The Hall–Kier alpha value is -1.16. The SMILES string of the molecule is Cc1cc(CO)nc(N2CCC(C)C(C)C2)n1. The van der Waals surface area contributed by atoms with Gasteiger partial charge >= 0.3 is 0 Å². The largest absolute Gasteiger partial charge is 0.390 e. The molecule has 0 aromatic carbocycles. The van der Waals surface area contributed by atoms with Gasteiger partial charge in [-0.15, -0.1) is 0 Å². The monoisotopic (exact) mass is 235 g/mol. The normalized spacial score (nSPS) is 25.1. The van der Waals surface area contributed by atoms with Crippen LogP contribution in [-0.2, 0) is 6.61 Å². The lowest BCUT2D eigenvalue weighted by atomic mass is 9.89. The fourth-order valence-corrected chi connectivity index (χ4v) is 2.28. The highest BCUT2D eigenvalue weighted by Gasteiger charge is 2.24. The molecule has 17 heavy (non-hydrogen) atoms. The summed E-state index contributed by atoms with van der Waals surface area (Å²) >= 11 is 0. The molecule has 0 amide bonds. The Morgan fingerprint density at radius 1 is 1.35 bits per heavy atom. The van der Waals surface area contributed by atoms with Crippen LogP contribution in [0.5, 0.6) is 0 Å². The van der Waals surface area contributed by atoms with Gasteiger partial charge in [-0.05, 0) is 31.2 Å². The molecule has 1 aliphatic rings. The third kappa shape index (κ3) is 2.75. The molecule has 1 aromatic rings. The number of hydrogen-bond acceptors (Lipinski definition) is 4. The Balaban J connectivity index is 2.19. The van der Waals surface area contributed by atoms with Crippen LogP contribution in [0.1, 0.15) is 31.7 Å². The van der Waals surface area contributed by atoms with Gasteiger partial charge in [-0.3, -0.25) is 0 Å². The van der Waals surface area contributed by atoms with E-state index in [0.29, 0.717) is 11.6 Å². The van der Waals surface area contributed by atoms with Gasteiger partial charge in [0, 0.05) is 18.8 Å². The minimum atomic E-state index is -0.0177. The first kappa shape index (κ1) is 12.3. The fourth-order valence-electron chi connectivity index (χ4n) is 2.28. The van der Waals surface area contributed by atoms with E-state index in [1.165, 1.54) is 6.42 Å². The Kier molecular flexibility index (Phi) is 3.62. The van der Waals surface area contributed by atoms with Gasteiger partial charge in [-0.25, -0.2) is 9.97 Å². The molecule has 2 atom stereocenters. The highest BCUT2D eigenvalue weighted by atomic mass is 16.3. The standard InChI is InChI=1S/C13H21N3O/c1-9-4-5-16(7-10(9)2)13-14-11(3)6-12(8-17)15-13/h6,9-10,17H,4-5,7-8H2,1-3H3. The van der Waals surface area contributed by atoms with Crippen molar-refractivity contribution in [2.75, 3.05) is 18.0 Å². The quantitative estimate of drug-likeness (QED) is 0.848. The van der Waals surface area contributed by atoms with Crippen LogP contribution in [0.25, 0.3) is 0 Å². The second kappa shape index (κ2) is 5.00. The minimum absolute atomic E-state index is 0.0177.